The van der Waals surface area contributed by atoms with Gasteiger partial charge in [0.1, 0.15) is 18.6 Å². The molecule has 0 amide bonds. The van der Waals surface area contributed by atoms with Crippen LogP contribution in [0.2, 0.25) is 0 Å². The first-order valence-electron chi connectivity index (χ1n) is 4.97. The molecule has 0 N–H and O–H groups in total. The van der Waals surface area contributed by atoms with E-state index in [0.717, 1.165) is 0 Å². The molecule has 16 heavy (non-hydrogen) atoms. The number of aldehydes is 1. The molecule has 0 saturated heterocycles. The molecule has 1 rings (SSSR count). The molecule has 0 aliphatic rings. The molecule has 1 aromatic carbocycles. The lowest BCUT2D eigenvalue weighted by Gasteiger charge is -2.09. The van der Waals surface area contributed by atoms with Gasteiger partial charge < -0.3 is 14.3 Å². The van der Waals surface area contributed by atoms with Gasteiger partial charge in [-0.15, -0.1) is 0 Å². The van der Waals surface area contributed by atoms with Crippen molar-refractivity contribution in [2.24, 2.45) is 0 Å². The molecule has 4 nitrogen and oxygen atoms in total. The van der Waals surface area contributed by atoms with Crippen LogP contribution in [0.4, 0.5) is 0 Å². The first kappa shape index (κ1) is 12.4. The van der Waals surface area contributed by atoms with E-state index >= 15 is 0 Å². The Balaban J connectivity index is 2.74. The van der Waals surface area contributed by atoms with E-state index in [1.807, 2.05) is 0 Å². The number of carbonyl (C=O) groups is 2. The number of hydrogen-bond acceptors (Lipinski definition) is 4. The van der Waals surface area contributed by atoms with Crippen LogP contribution in [0.5, 0.6) is 5.75 Å². The Kier molecular flexibility index (Phi) is 5.22. The van der Waals surface area contributed by atoms with E-state index in [4.69, 9.17) is 9.47 Å². The highest BCUT2D eigenvalue weighted by Crippen LogP contribution is 2.19. The van der Waals surface area contributed by atoms with E-state index < -0.39 is 0 Å². The number of carbonyl (C=O) groups excluding carboxylic acids is 2. The van der Waals surface area contributed by atoms with E-state index in [9.17, 15) is 9.59 Å². The van der Waals surface area contributed by atoms with Crippen molar-refractivity contribution in [2.45, 2.75) is 6.42 Å². The van der Waals surface area contributed by atoms with E-state index in [1.54, 1.807) is 31.4 Å². The minimum absolute atomic E-state index is 0.120. The first-order valence-corrected chi connectivity index (χ1v) is 4.97. The van der Waals surface area contributed by atoms with Crippen molar-refractivity contribution in [1.82, 2.24) is 0 Å². The van der Waals surface area contributed by atoms with Gasteiger partial charge in [0.05, 0.1) is 18.6 Å². The third-order valence-electron chi connectivity index (χ3n) is 2.00. The van der Waals surface area contributed by atoms with Gasteiger partial charge in [-0.25, -0.2) is 0 Å². The molecule has 4 heteroatoms. The highest BCUT2D eigenvalue weighted by Gasteiger charge is 2.10. The lowest BCUT2D eigenvalue weighted by Crippen LogP contribution is -2.08. The van der Waals surface area contributed by atoms with Crippen molar-refractivity contribution in [3.63, 3.8) is 0 Å². The normalized spacial score (nSPS) is 9.81. The topological polar surface area (TPSA) is 52.6 Å². The van der Waals surface area contributed by atoms with Crippen molar-refractivity contribution in [3.05, 3.63) is 29.8 Å². The summed E-state index contributed by atoms with van der Waals surface area (Å²) in [5, 5.41) is 0. The number of Topliss-reactive ketones (excluding diaryl/α,β-unsaturated/α-hetero) is 1. The van der Waals surface area contributed by atoms with Crippen molar-refractivity contribution < 1.29 is 19.1 Å². The van der Waals surface area contributed by atoms with Crippen molar-refractivity contribution in [3.8, 4) is 5.75 Å². The Labute approximate surface area is 94.2 Å². The molecule has 0 spiro atoms. The van der Waals surface area contributed by atoms with Crippen LogP contribution in [0.1, 0.15) is 16.8 Å². The predicted molar refractivity (Wildman–Crippen MR) is 58.8 cm³/mol. The van der Waals surface area contributed by atoms with Gasteiger partial charge in [-0.05, 0) is 12.1 Å². The summed E-state index contributed by atoms with van der Waals surface area (Å²) in [6.45, 7) is 0.831. The molecule has 0 saturated carbocycles. The van der Waals surface area contributed by atoms with Crippen LogP contribution in [-0.2, 0) is 9.53 Å². The van der Waals surface area contributed by atoms with Crippen molar-refractivity contribution in [2.75, 3.05) is 20.3 Å². The second-order valence-electron chi connectivity index (χ2n) is 3.13. The summed E-state index contributed by atoms with van der Waals surface area (Å²) in [6.07, 6.45) is 0.471. The molecular weight excluding hydrogens is 208 g/mol. The fourth-order valence-corrected chi connectivity index (χ4v) is 1.24. The molecule has 0 fully saturated rings. The maximum absolute atomic E-state index is 11.6. The van der Waals surface area contributed by atoms with Crippen LogP contribution in [0.25, 0.3) is 0 Å². The Hall–Kier alpha value is -1.68. The summed E-state index contributed by atoms with van der Waals surface area (Å²) in [5.74, 6) is 0.259. The molecular formula is C12H14O4. The molecule has 0 radical (unpaired) electrons. The number of ketones is 1. The van der Waals surface area contributed by atoms with Crippen molar-refractivity contribution in [1.29, 1.82) is 0 Å². The Morgan fingerprint density at radius 1 is 1.31 bits per heavy atom. The fraction of sp³-hybridized carbons (Fsp3) is 0.333. The zero-order valence-electron chi connectivity index (χ0n) is 9.14. The Morgan fingerprint density at radius 2 is 2.06 bits per heavy atom. The maximum atomic E-state index is 11.6. The average molecular weight is 222 g/mol. The fourth-order valence-electron chi connectivity index (χ4n) is 1.24. The molecule has 86 valence electrons. The molecule has 0 unspecified atom stereocenters. The maximum Gasteiger partial charge on any atom is 0.173 e. The third kappa shape index (κ3) is 3.47. The highest BCUT2D eigenvalue weighted by molar-refractivity contribution is 6.04. The standard InChI is InChI=1S/C12H14O4/c1-15-8-9-16-12-5-3-2-4-10(12)11(14)6-7-13/h2-5,7H,6,8-9H2,1H3. The Bertz CT molecular complexity index is 360. The van der Waals surface area contributed by atoms with Crippen molar-refractivity contribution >= 4 is 12.1 Å². The van der Waals surface area contributed by atoms with E-state index in [1.165, 1.54) is 0 Å². The first-order chi connectivity index (χ1) is 7.79. The van der Waals surface area contributed by atoms with E-state index in [0.29, 0.717) is 30.8 Å². The largest absolute Gasteiger partial charge is 0.490 e. The molecule has 0 aliphatic carbocycles. The van der Waals surface area contributed by atoms with Crippen LogP contribution in [0, 0.1) is 0 Å². The zero-order chi connectivity index (χ0) is 11.8. The van der Waals surface area contributed by atoms with Crippen LogP contribution >= 0.6 is 0 Å². The molecule has 0 aromatic heterocycles. The van der Waals surface area contributed by atoms with Crippen LogP contribution in [0.15, 0.2) is 24.3 Å². The summed E-state index contributed by atoms with van der Waals surface area (Å²) >= 11 is 0. The van der Waals surface area contributed by atoms with Crippen LogP contribution < -0.4 is 4.74 Å². The summed E-state index contributed by atoms with van der Waals surface area (Å²) < 4.78 is 10.2. The molecule has 0 atom stereocenters. The van der Waals surface area contributed by atoms with E-state index in [2.05, 4.69) is 0 Å². The van der Waals surface area contributed by atoms with Gasteiger partial charge >= 0.3 is 0 Å². The number of ether oxygens (including phenoxy) is 2. The van der Waals surface area contributed by atoms with Gasteiger partial charge in [-0.2, -0.15) is 0 Å². The second-order valence-corrected chi connectivity index (χ2v) is 3.13. The van der Waals surface area contributed by atoms with Gasteiger partial charge in [-0.3, -0.25) is 4.79 Å². The third-order valence-corrected chi connectivity index (χ3v) is 2.00. The second kappa shape index (κ2) is 6.74. The minimum Gasteiger partial charge on any atom is -0.490 e. The van der Waals surface area contributed by atoms with Gasteiger partial charge in [0.15, 0.2) is 5.78 Å². The summed E-state index contributed by atoms with van der Waals surface area (Å²) in [4.78, 5) is 21.8. The number of hydrogen-bond donors (Lipinski definition) is 0. The summed E-state index contributed by atoms with van der Waals surface area (Å²) in [5.41, 5.74) is 0.436. The monoisotopic (exact) mass is 222 g/mol. The molecule has 0 heterocycles. The SMILES string of the molecule is COCCOc1ccccc1C(=O)CC=O. The van der Waals surface area contributed by atoms with Gasteiger partial charge in [-0.1, -0.05) is 12.1 Å². The highest BCUT2D eigenvalue weighted by atomic mass is 16.5. The number of rotatable bonds is 7. The minimum atomic E-state index is -0.233. The molecule has 1 aromatic rings. The average Bonchev–Trinajstić information content (AvgIpc) is 2.30. The zero-order valence-corrected chi connectivity index (χ0v) is 9.14. The smallest absolute Gasteiger partial charge is 0.173 e. The number of para-hydroxylation sites is 1. The quantitative estimate of drug-likeness (QED) is 0.303. The number of benzene rings is 1. The lowest BCUT2D eigenvalue weighted by molar-refractivity contribution is -0.107. The predicted octanol–water partition coefficient (Wildman–Crippen LogP) is 1.48. The van der Waals surface area contributed by atoms with Crippen LogP contribution in [-0.4, -0.2) is 32.4 Å². The molecule has 0 bridgehead atoms. The van der Waals surface area contributed by atoms with E-state index in [-0.39, 0.29) is 12.2 Å². The number of methoxy groups -OCH3 is 1. The summed E-state index contributed by atoms with van der Waals surface area (Å²) in [7, 11) is 1.58. The van der Waals surface area contributed by atoms with Gasteiger partial charge in [0, 0.05) is 7.11 Å². The van der Waals surface area contributed by atoms with Gasteiger partial charge in [0.25, 0.3) is 0 Å². The van der Waals surface area contributed by atoms with Gasteiger partial charge in [0.2, 0.25) is 0 Å². The Morgan fingerprint density at radius 3 is 2.75 bits per heavy atom. The molecule has 0 aliphatic heterocycles. The lowest BCUT2D eigenvalue weighted by atomic mass is 10.1. The van der Waals surface area contributed by atoms with Crippen LogP contribution in [0.3, 0.4) is 0 Å². The summed E-state index contributed by atoms with van der Waals surface area (Å²) in [6, 6.07) is 6.86.